The van der Waals surface area contributed by atoms with E-state index < -0.39 is 11.9 Å². The van der Waals surface area contributed by atoms with Crippen LogP contribution in [0.15, 0.2) is 12.7 Å². The first-order chi connectivity index (χ1) is 5.72. The van der Waals surface area contributed by atoms with Crippen LogP contribution in [-0.2, 0) is 19.1 Å². The number of ether oxygens (including phenoxy) is 2. The van der Waals surface area contributed by atoms with Gasteiger partial charge in [-0.05, 0) is 6.42 Å². The number of carbonyl (C=O) groups is 2. The molecule has 0 saturated carbocycles. The first-order valence-electron chi connectivity index (χ1n) is 3.67. The number of carbonyl (C=O) groups excluding carboxylic acids is 2. The molecule has 0 amide bonds. The molecule has 0 rings (SSSR count). The Labute approximate surface area is 71.2 Å². The van der Waals surface area contributed by atoms with Crippen LogP contribution < -0.4 is 0 Å². The minimum Gasteiger partial charge on any atom is -0.457 e. The van der Waals surface area contributed by atoms with Crippen LogP contribution in [0.4, 0.5) is 0 Å². The summed E-state index contributed by atoms with van der Waals surface area (Å²) in [5.74, 6) is -1.91. The molecule has 0 bridgehead atoms. The molecule has 0 unspecified atom stereocenters. The fourth-order valence-electron chi connectivity index (χ4n) is 0.447. The first-order valence-corrected chi connectivity index (χ1v) is 3.67. The second-order valence-corrected chi connectivity index (χ2v) is 2.02. The molecule has 4 nitrogen and oxygen atoms in total. The molecule has 0 aromatic rings. The molecular formula is C8H12O4. The zero-order valence-electron chi connectivity index (χ0n) is 7.04. The van der Waals surface area contributed by atoms with Gasteiger partial charge in [-0.3, -0.25) is 0 Å². The summed E-state index contributed by atoms with van der Waals surface area (Å²) in [5, 5.41) is 0. The highest BCUT2D eigenvalue weighted by Crippen LogP contribution is 1.86. The lowest BCUT2D eigenvalue weighted by molar-refractivity contribution is -0.166. The second kappa shape index (κ2) is 6.39. The summed E-state index contributed by atoms with van der Waals surface area (Å²) in [6, 6.07) is 0. The Hall–Kier alpha value is -1.32. The maximum absolute atomic E-state index is 10.7. The zero-order chi connectivity index (χ0) is 9.40. The van der Waals surface area contributed by atoms with Crippen LogP contribution in [0, 0.1) is 0 Å². The van der Waals surface area contributed by atoms with Crippen molar-refractivity contribution in [1.82, 2.24) is 0 Å². The molecular weight excluding hydrogens is 160 g/mol. The molecule has 0 fully saturated rings. The van der Waals surface area contributed by atoms with Gasteiger partial charge < -0.3 is 9.47 Å². The minimum atomic E-state index is -0.969. The van der Waals surface area contributed by atoms with E-state index in [2.05, 4.69) is 16.1 Å². The highest BCUT2D eigenvalue weighted by Gasteiger charge is 2.15. The maximum atomic E-state index is 10.7. The van der Waals surface area contributed by atoms with Gasteiger partial charge in [0.25, 0.3) is 0 Å². The number of hydrogen-bond acceptors (Lipinski definition) is 4. The molecule has 0 N–H and O–H groups in total. The predicted molar refractivity (Wildman–Crippen MR) is 42.4 cm³/mol. The third kappa shape index (κ3) is 4.49. The summed E-state index contributed by atoms with van der Waals surface area (Å²) >= 11 is 0. The SMILES string of the molecule is C=CCOC(=O)C(=O)OCCC. The van der Waals surface area contributed by atoms with Gasteiger partial charge in [0.1, 0.15) is 6.61 Å². The van der Waals surface area contributed by atoms with Crippen molar-refractivity contribution in [1.29, 1.82) is 0 Å². The molecule has 12 heavy (non-hydrogen) atoms. The molecule has 0 heterocycles. The molecule has 4 heteroatoms. The van der Waals surface area contributed by atoms with E-state index in [0.29, 0.717) is 6.42 Å². The molecule has 0 atom stereocenters. The Morgan fingerprint density at radius 3 is 2.42 bits per heavy atom. The topological polar surface area (TPSA) is 52.6 Å². The molecule has 0 aromatic heterocycles. The summed E-state index contributed by atoms with van der Waals surface area (Å²) in [6.07, 6.45) is 2.06. The monoisotopic (exact) mass is 172 g/mol. The lowest BCUT2D eigenvalue weighted by Gasteiger charge is -2.01. The first kappa shape index (κ1) is 10.7. The number of esters is 2. The summed E-state index contributed by atoms with van der Waals surface area (Å²) in [7, 11) is 0. The number of hydrogen-bond donors (Lipinski definition) is 0. The van der Waals surface area contributed by atoms with Crippen molar-refractivity contribution in [2.75, 3.05) is 13.2 Å². The molecule has 0 spiro atoms. The van der Waals surface area contributed by atoms with E-state index >= 15 is 0 Å². The highest BCUT2D eigenvalue weighted by atomic mass is 16.6. The Balaban J connectivity index is 3.61. The molecule has 0 aliphatic rings. The Morgan fingerprint density at radius 2 is 1.92 bits per heavy atom. The van der Waals surface area contributed by atoms with Crippen LogP contribution in [0.25, 0.3) is 0 Å². The van der Waals surface area contributed by atoms with E-state index in [0.717, 1.165) is 0 Å². The van der Waals surface area contributed by atoms with Gasteiger partial charge in [-0.15, -0.1) is 0 Å². The highest BCUT2D eigenvalue weighted by molar-refractivity contribution is 6.29. The van der Waals surface area contributed by atoms with Gasteiger partial charge in [0.05, 0.1) is 6.61 Å². The van der Waals surface area contributed by atoms with Crippen molar-refractivity contribution in [3.63, 3.8) is 0 Å². The van der Waals surface area contributed by atoms with Gasteiger partial charge in [0.2, 0.25) is 0 Å². The quantitative estimate of drug-likeness (QED) is 0.355. The summed E-state index contributed by atoms with van der Waals surface area (Å²) in [4.78, 5) is 21.3. The second-order valence-electron chi connectivity index (χ2n) is 2.02. The average molecular weight is 172 g/mol. The largest absolute Gasteiger partial charge is 0.457 e. The number of rotatable bonds is 4. The van der Waals surface area contributed by atoms with Crippen molar-refractivity contribution >= 4 is 11.9 Å². The lowest BCUT2D eigenvalue weighted by atomic mass is 10.5. The summed E-state index contributed by atoms with van der Waals surface area (Å²) in [6.45, 7) is 5.43. The Morgan fingerprint density at radius 1 is 1.33 bits per heavy atom. The van der Waals surface area contributed by atoms with Crippen LogP contribution in [0.1, 0.15) is 13.3 Å². The van der Waals surface area contributed by atoms with Gasteiger partial charge in [-0.1, -0.05) is 19.6 Å². The van der Waals surface area contributed by atoms with Crippen LogP contribution in [0.2, 0.25) is 0 Å². The Bertz CT molecular complexity index is 174. The normalized spacial score (nSPS) is 8.75. The van der Waals surface area contributed by atoms with E-state index in [9.17, 15) is 9.59 Å². The molecule has 0 aromatic carbocycles. The Kier molecular flexibility index (Phi) is 5.69. The van der Waals surface area contributed by atoms with Crippen molar-refractivity contribution in [3.8, 4) is 0 Å². The van der Waals surface area contributed by atoms with E-state index in [-0.39, 0.29) is 13.2 Å². The van der Waals surface area contributed by atoms with E-state index in [1.165, 1.54) is 6.08 Å². The average Bonchev–Trinajstić information content (AvgIpc) is 2.10. The summed E-state index contributed by atoms with van der Waals surface area (Å²) in [5.41, 5.74) is 0. The lowest BCUT2D eigenvalue weighted by Crippen LogP contribution is -2.20. The van der Waals surface area contributed by atoms with Crippen LogP contribution in [-0.4, -0.2) is 25.2 Å². The van der Waals surface area contributed by atoms with E-state index in [4.69, 9.17) is 0 Å². The standard InChI is InChI=1S/C8H12O4/c1-3-5-11-7(9)8(10)12-6-4-2/h3H,1,4-6H2,2H3. The molecule has 68 valence electrons. The van der Waals surface area contributed by atoms with Gasteiger partial charge >= 0.3 is 11.9 Å². The fourth-order valence-corrected chi connectivity index (χ4v) is 0.447. The van der Waals surface area contributed by atoms with E-state index in [1.54, 1.807) is 0 Å². The van der Waals surface area contributed by atoms with Crippen molar-refractivity contribution in [2.45, 2.75) is 13.3 Å². The van der Waals surface area contributed by atoms with Crippen LogP contribution in [0.3, 0.4) is 0 Å². The maximum Gasteiger partial charge on any atom is 0.417 e. The van der Waals surface area contributed by atoms with Crippen molar-refractivity contribution < 1.29 is 19.1 Å². The van der Waals surface area contributed by atoms with E-state index in [1.807, 2.05) is 6.92 Å². The molecule has 0 aliphatic carbocycles. The smallest absolute Gasteiger partial charge is 0.417 e. The van der Waals surface area contributed by atoms with Gasteiger partial charge in [-0.2, -0.15) is 0 Å². The van der Waals surface area contributed by atoms with Gasteiger partial charge in [0.15, 0.2) is 0 Å². The molecule has 0 radical (unpaired) electrons. The molecule has 0 saturated heterocycles. The zero-order valence-corrected chi connectivity index (χ0v) is 7.04. The van der Waals surface area contributed by atoms with Gasteiger partial charge in [-0.25, -0.2) is 9.59 Å². The fraction of sp³-hybridized carbons (Fsp3) is 0.500. The van der Waals surface area contributed by atoms with Gasteiger partial charge in [0, 0.05) is 0 Å². The third-order valence-corrected chi connectivity index (χ3v) is 0.936. The van der Waals surface area contributed by atoms with Crippen molar-refractivity contribution in [3.05, 3.63) is 12.7 Å². The minimum absolute atomic E-state index is 0.0278. The molecule has 0 aliphatic heterocycles. The third-order valence-electron chi connectivity index (χ3n) is 0.936. The van der Waals surface area contributed by atoms with Crippen LogP contribution >= 0.6 is 0 Å². The predicted octanol–water partition coefficient (Wildman–Crippen LogP) is 0.669. The van der Waals surface area contributed by atoms with Crippen molar-refractivity contribution in [2.24, 2.45) is 0 Å². The van der Waals surface area contributed by atoms with Crippen LogP contribution in [0.5, 0.6) is 0 Å². The summed E-state index contributed by atoms with van der Waals surface area (Å²) < 4.78 is 8.92.